The van der Waals surface area contributed by atoms with Crippen LogP contribution in [0, 0.1) is 0 Å². The normalized spacial score (nSPS) is 12.9. The summed E-state index contributed by atoms with van der Waals surface area (Å²) in [5.41, 5.74) is 3.28. The molecule has 8 heteroatoms. The van der Waals surface area contributed by atoms with E-state index in [2.05, 4.69) is 4.65 Å². The van der Waals surface area contributed by atoms with Crippen molar-refractivity contribution in [1.29, 1.82) is 0 Å². The van der Waals surface area contributed by atoms with E-state index in [1.807, 2.05) is 0 Å². The molecule has 0 rings (SSSR count). The van der Waals surface area contributed by atoms with E-state index in [1.165, 1.54) is 0 Å². The predicted octanol–water partition coefficient (Wildman–Crippen LogP) is 0.783. The van der Waals surface area contributed by atoms with E-state index in [0.717, 1.165) is 6.42 Å². The van der Waals surface area contributed by atoms with Gasteiger partial charge in [-0.1, -0.05) is 0 Å². The van der Waals surface area contributed by atoms with Crippen LogP contribution in [-0.4, -0.2) is 46.2 Å². The van der Waals surface area contributed by atoms with Crippen molar-refractivity contribution in [3.8, 4) is 0 Å². The highest BCUT2D eigenvalue weighted by molar-refractivity contribution is 6.17. The van der Waals surface area contributed by atoms with Gasteiger partial charge in [-0.05, 0) is 40.5 Å². The lowest BCUT2D eigenvalue weighted by atomic mass is 9.90. The van der Waals surface area contributed by atoms with Gasteiger partial charge in [0.15, 0.2) is 0 Å². The Balaban J connectivity index is -0.000000238. The molecular weight excluding hydrogens is 280 g/mol. The van der Waals surface area contributed by atoms with Crippen LogP contribution in [0.3, 0.4) is 0 Å². The largest absolute Gasteiger partial charge is 0.486 e. The van der Waals surface area contributed by atoms with Crippen molar-refractivity contribution in [2.24, 2.45) is 5.73 Å². The first kappa shape index (κ1) is 23.5. The summed E-state index contributed by atoms with van der Waals surface area (Å²) in [5, 5.41) is 26.3. The Morgan fingerprint density at radius 3 is 1.83 bits per heavy atom. The third kappa shape index (κ3) is 14.5. The van der Waals surface area contributed by atoms with E-state index in [9.17, 15) is 0 Å². The van der Waals surface area contributed by atoms with Crippen molar-refractivity contribution >= 4 is 31.7 Å². The molecule has 0 saturated heterocycles. The molecule has 5 N–H and O–H groups in total. The molecule has 0 bridgehead atoms. The van der Waals surface area contributed by atoms with Gasteiger partial charge in [-0.15, -0.1) is 24.0 Å². The predicted molar refractivity (Wildman–Crippen MR) is 76.8 cm³/mol. The highest BCUT2D eigenvalue weighted by Gasteiger charge is 2.31. The number of hydrogen-bond donors (Lipinski definition) is 4. The third-order valence-electron chi connectivity index (χ3n) is 2.36. The zero-order valence-electron chi connectivity index (χ0n) is 11.4. The lowest BCUT2D eigenvalue weighted by Crippen LogP contribution is -2.44. The monoisotopic (exact) mass is 304 g/mol. The molecule has 1 unspecified atom stereocenters. The highest BCUT2D eigenvalue weighted by atomic mass is 35.5. The summed E-state index contributed by atoms with van der Waals surface area (Å²) in [7, 11) is 0.596. The Labute approximate surface area is 121 Å². The maximum Gasteiger partial charge on any atom is 0.486 e. The summed E-state index contributed by atoms with van der Waals surface area (Å²) in [6.45, 7) is 6.31. The van der Waals surface area contributed by atoms with Gasteiger partial charge in [0, 0.05) is 5.88 Å². The molecule has 0 saturated carbocycles. The van der Waals surface area contributed by atoms with E-state index in [4.69, 9.17) is 32.6 Å². The summed E-state index contributed by atoms with van der Waals surface area (Å²) in [5.74, 6) is 0.572. The Kier molecular flexibility index (Phi) is 14.8. The van der Waals surface area contributed by atoms with Gasteiger partial charge in [-0.2, -0.15) is 0 Å². The zero-order chi connectivity index (χ0) is 14.1. The quantitative estimate of drug-likeness (QED) is 0.330. The summed E-state index contributed by atoms with van der Waals surface area (Å²) < 4.78 is 4.49. The van der Waals surface area contributed by atoms with Gasteiger partial charge >= 0.3 is 7.69 Å². The van der Waals surface area contributed by atoms with Crippen LogP contribution in [0.2, 0.25) is 0 Å². The van der Waals surface area contributed by atoms with Gasteiger partial charge in [-0.25, -0.2) is 0 Å². The second-order valence-electron chi connectivity index (χ2n) is 4.73. The highest BCUT2D eigenvalue weighted by Crippen LogP contribution is 2.19. The molecule has 18 heavy (non-hydrogen) atoms. The van der Waals surface area contributed by atoms with Gasteiger partial charge < -0.3 is 25.6 Å². The number of nitrogens with two attached hydrogens (primary N) is 1. The average molecular weight is 305 g/mol. The molecule has 0 amide bonds. The molecule has 1 atom stereocenters. The Morgan fingerprint density at radius 2 is 1.61 bits per heavy atom. The Bertz CT molecular complexity index is 174. The number of hydrogen-bond acceptors (Lipinski definition) is 5. The fraction of sp³-hybridized carbons (Fsp3) is 1.00. The molecule has 0 aromatic rings. The number of alkyl halides is 1. The molecule has 0 fully saturated rings. The molecule has 0 aliphatic heterocycles. The number of aliphatic hydroxyl groups is 2. The standard InChI is InChI=1S/C6H14O2.C4H10BClNO2.ClH/c1-5(2,7)6(3,4)8;6-3-1-2-4(7)9-5-8;/h7-8H,1-4H3;4,8H,1-3,7H2;1H. The fourth-order valence-electron chi connectivity index (χ4n) is 0.425. The maximum absolute atomic E-state index is 9.10. The SMILES string of the molecule is CC(C)(O)C(C)(C)O.Cl.NC(CCCCl)O[B]O. The molecule has 0 aromatic heterocycles. The van der Waals surface area contributed by atoms with Crippen LogP contribution in [0.25, 0.3) is 0 Å². The first-order chi connectivity index (χ1) is 7.56. The van der Waals surface area contributed by atoms with E-state index in [0.29, 0.717) is 20.0 Å². The zero-order valence-corrected chi connectivity index (χ0v) is 13.0. The van der Waals surface area contributed by atoms with Crippen LogP contribution >= 0.6 is 24.0 Å². The first-order valence-corrected chi connectivity index (χ1v) is 5.97. The van der Waals surface area contributed by atoms with E-state index in [-0.39, 0.29) is 12.4 Å². The van der Waals surface area contributed by atoms with Crippen LogP contribution < -0.4 is 5.73 Å². The van der Waals surface area contributed by atoms with Crippen LogP contribution in [0.4, 0.5) is 0 Å². The third-order valence-corrected chi connectivity index (χ3v) is 2.62. The van der Waals surface area contributed by atoms with Crippen molar-refractivity contribution in [3.05, 3.63) is 0 Å². The van der Waals surface area contributed by atoms with Crippen molar-refractivity contribution in [3.63, 3.8) is 0 Å². The second kappa shape index (κ2) is 11.3. The first-order valence-electron chi connectivity index (χ1n) is 5.44. The minimum atomic E-state index is -1.01. The minimum Gasteiger partial charge on any atom is -0.429 e. The van der Waals surface area contributed by atoms with Crippen molar-refractivity contribution < 1.29 is 19.9 Å². The molecule has 0 aliphatic carbocycles. The second-order valence-corrected chi connectivity index (χ2v) is 5.11. The van der Waals surface area contributed by atoms with E-state index in [1.54, 1.807) is 27.7 Å². The van der Waals surface area contributed by atoms with Crippen LogP contribution in [0.15, 0.2) is 0 Å². The molecule has 5 nitrogen and oxygen atoms in total. The van der Waals surface area contributed by atoms with Crippen molar-refractivity contribution in [1.82, 2.24) is 0 Å². The lowest BCUT2D eigenvalue weighted by molar-refractivity contribution is -0.107. The smallest absolute Gasteiger partial charge is 0.429 e. The molecule has 0 heterocycles. The van der Waals surface area contributed by atoms with Gasteiger partial charge in [0.05, 0.1) is 17.4 Å². The summed E-state index contributed by atoms with van der Waals surface area (Å²) >= 11 is 5.36. The number of rotatable bonds is 6. The lowest BCUT2D eigenvalue weighted by Gasteiger charge is -2.31. The van der Waals surface area contributed by atoms with Crippen LogP contribution in [0.1, 0.15) is 40.5 Å². The average Bonchev–Trinajstić information content (AvgIpc) is 2.13. The molecule has 0 aliphatic rings. The topological polar surface area (TPSA) is 95.9 Å². The molecule has 0 aromatic carbocycles. The van der Waals surface area contributed by atoms with E-state index < -0.39 is 17.4 Å². The Morgan fingerprint density at radius 1 is 1.22 bits per heavy atom. The number of halogens is 2. The van der Waals surface area contributed by atoms with Gasteiger partial charge in [-0.3, -0.25) is 0 Å². The van der Waals surface area contributed by atoms with Crippen LogP contribution in [0.5, 0.6) is 0 Å². The minimum absolute atomic E-state index is 0. The van der Waals surface area contributed by atoms with E-state index >= 15 is 0 Å². The maximum atomic E-state index is 9.10. The van der Waals surface area contributed by atoms with Gasteiger partial charge in [0.1, 0.15) is 0 Å². The summed E-state index contributed by atoms with van der Waals surface area (Å²) in [4.78, 5) is 0. The van der Waals surface area contributed by atoms with Gasteiger partial charge in [0.25, 0.3) is 0 Å². The molecule has 111 valence electrons. The van der Waals surface area contributed by atoms with Crippen LogP contribution in [-0.2, 0) is 4.65 Å². The molecular formula is C10H25BCl2NO4. The molecule has 1 radical (unpaired) electrons. The molecule has 0 spiro atoms. The summed E-state index contributed by atoms with van der Waals surface area (Å²) in [6, 6.07) is 0. The van der Waals surface area contributed by atoms with Gasteiger partial charge in [0.2, 0.25) is 0 Å². The van der Waals surface area contributed by atoms with Crippen molar-refractivity contribution in [2.45, 2.75) is 58.0 Å². The fourth-order valence-corrected chi connectivity index (χ4v) is 0.579. The summed E-state index contributed by atoms with van der Waals surface area (Å²) in [6.07, 6.45) is 1.05. The Hall–Kier alpha value is 0.445. The van der Waals surface area contributed by atoms with Crippen molar-refractivity contribution in [2.75, 3.05) is 5.88 Å².